The minimum Gasteiger partial charge on any atom is -0.316 e. The Kier molecular flexibility index (Phi) is 4.66. The maximum absolute atomic E-state index is 3.83. The fraction of sp³-hybridized carbons (Fsp3) is 1.00. The van der Waals surface area contributed by atoms with Crippen molar-refractivity contribution in [2.45, 2.75) is 52.0 Å². The summed E-state index contributed by atoms with van der Waals surface area (Å²) in [6.45, 7) is 8.46. The van der Waals surface area contributed by atoms with Gasteiger partial charge >= 0.3 is 0 Å². The smallest absolute Gasteiger partial charge is 0.0117 e. The minimum absolute atomic E-state index is 0.760. The molecule has 2 N–H and O–H groups in total. The van der Waals surface area contributed by atoms with E-state index in [0.29, 0.717) is 0 Å². The molecule has 1 saturated carbocycles. The Bertz CT molecular complexity index is 183. The summed E-state index contributed by atoms with van der Waals surface area (Å²) in [5, 5.41) is 7.30. The minimum atomic E-state index is 0.760. The van der Waals surface area contributed by atoms with Crippen LogP contribution in [0.3, 0.4) is 0 Å². The Morgan fingerprint density at radius 3 is 2.62 bits per heavy atom. The summed E-state index contributed by atoms with van der Waals surface area (Å²) in [5.41, 5.74) is 0. The Labute approximate surface area is 101 Å². The topological polar surface area (TPSA) is 24.1 Å². The number of hydrogen-bond acceptors (Lipinski definition) is 2. The highest BCUT2D eigenvalue weighted by molar-refractivity contribution is 4.83. The fourth-order valence-electron chi connectivity index (χ4n) is 3.32. The molecule has 4 atom stereocenters. The molecule has 2 rings (SSSR count). The van der Waals surface area contributed by atoms with E-state index in [0.717, 1.165) is 23.8 Å². The van der Waals surface area contributed by atoms with Crippen LogP contribution in [0.2, 0.25) is 0 Å². The third-order valence-corrected chi connectivity index (χ3v) is 4.72. The van der Waals surface area contributed by atoms with Gasteiger partial charge in [0.05, 0.1) is 0 Å². The maximum Gasteiger partial charge on any atom is 0.0117 e. The van der Waals surface area contributed by atoms with Gasteiger partial charge in [-0.3, -0.25) is 0 Å². The van der Waals surface area contributed by atoms with Crippen molar-refractivity contribution in [1.29, 1.82) is 0 Å². The van der Waals surface area contributed by atoms with E-state index < -0.39 is 0 Å². The maximum atomic E-state index is 3.83. The monoisotopic (exact) mass is 224 g/mol. The van der Waals surface area contributed by atoms with E-state index in [2.05, 4.69) is 24.5 Å². The van der Waals surface area contributed by atoms with Gasteiger partial charge in [-0.1, -0.05) is 33.1 Å². The van der Waals surface area contributed by atoms with Gasteiger partial charge in [0.1, 0.15) is 0 Å². The third-order valence-electron chi connectivity index (χ3n) is 4.72. The number of piperidine rings is 1. The van der Waals surface area contributed by atoms with Crippen molar-refractivity contribution in [3.8, 4) is 0 Å². The van der Waals surface area contributed by atoms with Crippen molar-refractivity contribution in [2.24, 2.45) is 17.8 Å². The average molecular weight is 224 g/mol. The zero-order chi connectivity index (χ0) is 11.4. The van der Waals surface area contributed by atoms with E-state index >= 15 is 0 Å². The van der Waals surface area contributed by atoms with Crippen LogP contribution in [0.25, 0.3) is 0 Å². The quantitative estimate of drug-likeness (QED) is 0.769. The molecule has 2 nitrogen and oxygen atoms in total. The van der Waals surface area contributed by atoms with Crippen LogP contribution < -0.4 is 10.6 Å². The Morgan fingerprint density at radius 2 is 1.88 bits per heavy atom. The second kappa shape index (κ2) is 6.02. The predicted octanol–water partition coefficient (Wildman–Crippen LogP) is 2.40. The highest BCUT2D eigenvalue weighted by Crippen LogP contribution is 2.29. The Balaban J connectivity index is 1.72. The molecular formula is C14H28N2. The molecule has 4 unspecified atom stereocenters. The third kappa shape index (κ3) is 3.21. The standard InChI is InChI=1S/C14H28N2/c1-11-5-3-4-6-13(11)10-16-14-7-8-15-9-12(14)2/h11-16H,3-10H2,1-2H3. The Morgan fingerprint density at radius 1 is 1.06 bits per heavy atom. The molecule has 0 bridgehead atoms. The molecule has 16 heavy (non-hydrogen) atoms. The number of rotatable bonds is 3. The summed E-state index contributed by atoms with van der Waals surface area (Å²) in [6.07, 6.45) is 7.13. The van der Waals surface area contributed by atoms with Gasteiger partial charge in [-0.15, -0.1) is 0 Å². The van der Waals surface area contributed by atoms with E-state index in [4.69, 9.17) is 0 Å². The van der Waals surface area contributed by atoms with Gasteiger partial charge in [-0.05, 0) is 50.2 Å². The van der Waals surface area contributed by atoms with E-state index in [1.807, 2.05) is 0 Å². The molecule has 1 aliphatic heterocycles. The summed E-state index contributed by atoms with van der Waals surface area (Å²) in [6, 6.07) is 0.760. The largest absolute Gasteiger partial charge is 0.316 e. The normalized spacial score (nSPS) is 40.9. The predicted molar refractivity (Wildman–Crippen MR) is 69.6 cm³/mol. The number of hydrogen-bond donors (Lipinski definition) is 2. The first-order valence-corrected chi connectivity index (χ1v) is 7.21. The van der Waals surface area contributed by atoms with Gasteiger partial charge in [0.15, 0.2) is 0 Å². The van der Waals surface area contributed by atoms with Crippen LogP contribution in [0.15, 0.2) is 0 Å². The highest BCUT2D eigenvalue weighted by atomic mass is 15.0. The van der Waals surface area contributed by atoms with Gasteiger partial charge in [0.2, 0.25) is 0 Å². The summed E-state index contributed by atoms with van der Waals surface area (Å²) >= 11 is 0. The lowest BCUT2D eigenvalue weighted by Gasteiger charge is -2.34. The molecule has 1 aliphatic carbocycles. The second-order valence-electron chi connectivity index (χ2n) is 6.01. The first kappa shape index (κ1) is 12.4. The molecule has 1 saturated heterocycles. The molecule has 0 spiro atoms. The van der Waals surface area contributed by atoms with Crippen molar-refractivity contribution in [3.63, 3.8) is 0 Å². The van der Waals surface area contributed by atoms with Crippen molar-refractivity contribution >= 4 is 0 Å². The van der Waals surface area contributed by atoms with Gasteiger partial charge in [-0.2, -0.15) is 0 Å². The van der Waals surface area contributed by atoms with Crippen LogP contribution in [0.1, 0.15) is 46.0 Å². The lowest BCUT2D eigenvalue weighted by Crippen LogP contribution is -2.48. The zero-order valence-corrected chi connectivity index (χ0v) is 11.0. The number of nitrogens with one attached hydrogen (secondary N) is 2. The van der Waals surface area contributed by atoms with Crippen LogP contribution in [0, 0.1) is 17.8 Å². The van der Waals surface area contributed by atoms with Crippen molar-refractivity contribution < 1.29 is 0 Å². The van der Waals surface area contributed by atoms with Crippen molar-refractivity contribution in [1.82, 2.24) is 10.6 Å². The fourth-order valence-corrected chi connectivity index (χ4v) is 3.32. The van der Waals surface area contributed by atoms with Crippen LogP contribution in [0.5, 0.6) is 0 Å². The van der Waals surface area contributed by atoms with Crippen LogP contribution in [-0.4, -0.2) is 25.7 Å². The summed E-state index contributed by atoms with van der Waals surface area (Å²) in [5.74, 6) is 2.68. The molecule has 1 heterocycles. The summed E-state index contributed by atoms with van der Waals surface area (Å²) < 4.78 is 0. The lowest BCUT2D eigenvalue weighted by atomic mass is 9.80. The first-order chi connectivity index (χ1) is 7.77. The van der Waals surface area contributed by atoms with Gasteiger partial charge in [-0.25, -0.2) is 0 Å². The second-order valence-corrected chi connectivity index (χ2v) is 6.01. The average Bonchev–Trinajstić information content (AvgIpc) is 2.30. The molecule has 0 aromatic rings. The molecule has 2 heteroatoms. The van der Waals surface area contributed by atoms with E-state index in [1.54, 1.807) is 0 Å². The SMILES string of the molecule is CC1CCCCC1CNC1CCNCC1C. The molecule has 0 aromatic carbocycles. The van der Waals surface area contributed by atoms with Crippen molar-refractivity contribution in [2.75, 3.05) is 19.6 Å². The van der Waals surface area contributed by atoms with Crippen molar-refractivity contribution in [3.05, 3.63) is 0 Å². The van der Waals surface area contributed by atoms with Gasteiger partial charge in [0, 0.05) is 6.04 Å². The molecule has 0 radical (unpaired) electrons. The molecule has 0 amide bonds. The van der Waals surface area contributed by atoms with Crippen LogP contribution in [-0.2, 0) is 0 Å². The first-order valence-electron chi connectivity index (χ1n) is 7.21. The summed E-state index contributed by atoms with van der Waals surface area (Å²) in [4.78, 5) is 0. The molecular weight excluding hydrogens is 196 g/mol. The van der Waals surface area contributed by atoms with E-state index in [9.17, 15) is 0 Å². The summed E-state index contributed by atoms with van der Waals surface area (Å²) in [7, 11) is 0. The van der Waals surface area contributed by atoms with Gasteiger partial charge < -0.3 is 10.6 Å². The van der Waals surface area contributed by atoms with Crippen LogP contribution in [0.4, 0.5) is 0 Å². The molecule has 2 aliphatic rings. The van der Waals surface area contributed by atoms with Gasteiger partial charge in [0.25, 0.3) is 0 Å². The van der Waals surface area contributed by atoms with E-state index in [-0.39, 0.29) is 0 Å². The lowest BCUT2D eigenvalue weighted by molar-refractivity contribution is 0.217. The molecule has 2 fully saturated rings. The molecule has 0 aromatic heterocycles. The van der Waals surface area contributed by atoms with E-state index in [1.165, 1.54) is 51.7 Å². The zero-order valence-electron chi connectivity index (χ0n) is 11.0. The Hall–Kier alpha value is -0.0800. The molecule has 94 valence electrons. The highest BCUT2D eigenvalue weighted by Gasteiger charge is 2.24. The van der Waals surface area contributed by atoms with Crippen LogP contribution >= 0.6 is 0 Å².